The van der Waals surface area contributed by atoms with E-state index in [0.29, 0.717) is 6.54 Å². The Morgan fingerprint density at radius 3 is 2.35 bits per heavy atom. The van der Waals surface area contributed by atoms with Gasteiger partial charge in [-0.3, -0.25) is 0 Å². The van der Waals surface area contributed by atoms with Gasteiger partial charge in [-0.05, 0) is 42.0 Å². The second-order valence-corrected chi connectivity index (χ2v) is 5.37. The van der Waals surface area contributed by atoms with Gasteiger partial charge in [0.05, 0.1) is 18.4 Å². The zero-order chi connectivity index (χ0) is 16.1. The van der Waals surface area contributed by atoms with Crippen LogP contribution in [-0.4, -0.2) is 19.1 Å². The van der Waals surface area contributed by atoms with Gasteiger partial charge in [-0.25, -0.2) is 4.98 Å². The standard InChI is InChI=1S/C18H18N4O/c1-22(2)17-9-3-14(4-10-17)11-20-21-16-7-5-15(6-8-16)18-12-19-13-23-18/h3-10,12-13H,11H2,1-2H3. The molecule has 23 heavy (non-hydrogen) atoms. The number of oxazole rings is 1. The molecule has 0 amide bonds. The molecule has 0 aliphatic rings. The average molecular weight is 306 g/mol. The Bertz CT molecular complexity index is 760. The highest BCUT2D eigenvalue weighted by molar-refractivity contribution is 5.59. The van der Waals surface area contributed by atoms with Gasteiger partial charge in [-0.2, -0.15) is 10.2 Å². The molecule has 3 aromatic rings. The van der Waals surface area contributed by atoms with Crippen molar-refractivity contribution in [2.24, 2.45) is 10.2 Å². The van der Waals surface area contributed by atoms with Crippen LogP contribution in [0.5, 0.6) is 0 Å². The Morgan fingerprint density at radius 1 is 1.00 bits per heavy atom. The van der Waals surface area contributed by atoms with Gasteiger partial charge in [0.1, 0.15) is 0 Å². The predicted octanol–water partition coefficient (Wildman–Crippen LogP) is 4.69. The average Bonchev–Trinajstić information content (AvgIpc) is 3.10. The molecule has 5 heteroatoms. The van der Waals surface area contributed by atoms with Gasteiger partial charge in [0, 0.05) is 25.3 Å². The Morgan fingerprint density at radius 2 is 1.74 bits per heavy atom. The van der Waals surface area contributed by atoms with Crippen molar-refractivity contribution in [1.82, 2.24) is 4.98 Å². The Hall–Kier alpha value is -2.95. The molecule has 1 heterocycles. The highest BCUT2D eigenvalue weighted by Crippen LogP contribution is 2.22. The first kappa shape index (κ1) is 15.0. The van der Waals surface area contributed by atoms with Crippen LogP contribution in [0.25, 0.3) is 11.3 Å². The quantitative estimate of drug-likeness (QED) is 0.642. The molecule has 0 unspecified atom stereocenters. The van der Waals surface area contributed by atoms with Crippen molar-refractivity contribution in [3.8, 4) is 11.3 Å². The summed E-state index contributed by atoms with van der Waals surface area (Å²) in [5.41, 5.74) is 4.10. The third-order valence-electron chi connectivity index (χ3n) is 3.48. The Labute approximate surface area is 135 Å². The number of hydrogen-bond donors (Lipinski definition) is 0. The molecule has 1 aromatic heterocycles. The minimum atomic E-state index is 0.567. The number of azo groups is 1. The summed E-state index contributed by atoms with van der Waals surface area (Å²) in [6.45, 7) is 0.567. The van der Waals surface area contributed by atoms with Crippen LogP contribution in [0, 0.1) is 0 Å². The van der Waals surface area contributed by atoms with E-state index in [4.69, 9.17) is 4.42 Å². The largest absolute Gasteiger partial charge is 0.444 e. The van der Waals surface area contributed by atoms with Gasteiger partial charge in [0.25, 0.3) is 0 Å². The van der Waals surface area contributed by atoms with Crippen molar-refractivity contribution in [3.05, 3.63) is 66.7 Å². The van der Waals surface area contributed by atoms with Gasteiger partial charge in [-0.15, -0.1) is 0 Å². The molecule has 5 nitrogen and oxygen atoms in total. The number of aromatic nitrogens is 1. The lowest BCUT2D eigenvalue weighted by Crippen LogP contribution is -2.08. The van der Waals surface area contributed by atoms with E-state index in [2.05, 4.69) is 44.4 Å². The van der Waals surface area contributed by atoms with E-state index in [1.807, 2.05) is 38.4 Å². The second kappa shape index (κ2) is 6.87. The van der Waals surface area contributed by atoms with Crippen LogP contribution in [0.1, 0.15) is 5.56 Å². The molecule has 0 saturated heterocycles. The van der Waals surface area contributed by atoms with Crippen molar-refractivity contribution >= 4 is 11.4 Å². The maximum Gasteiger partial charge on any atom is 0.181 e. The molecular weight excluding hydrogens is 288 g/mol. The van der Waals surface area contributed by atoms with E-state index in [1.54, 1.807) is 6.20 Å². The number of anilines is 1. The summed E-state index contributed by atoms with van der Waals surface area (Å²) in [6.07, 6.45) is 3.11. The van der Waals surface area contributed by atoms with Crippen LogP contribution in [-0.2, 0) is 6.54 Å². The third-order valence-corrected chi connectivity index (χ3v) is 3.48. The summed E-state index contributed by atoms with van der Waals surface area (Å²) < 4.78 is 5.26. The van der Waals surface area contributed by atoms with Crippen LogP contribution in [0.2, 0.25) is 0 Å². The van der Waals surface area contributed by atoms with Crippen molar-refractivity contribution in [1.29, 1.82) is 0 Å². The van der Waals surface area contributed by atoms with E-state index >= 15 is 0 Å². The molecule has 0 bridgehead atoms. The summed E-state index contributed by atoms with van der Waals surface area (Å²) in [4.78, 5) is 5.98. The number of hydrogen-bond acceptors (Lipinski definition) is 5. The van der Waals surface area contributed by atoms with E-state index in [-0.39, 0.29) is 0 Å². The molecule has 0 N–H and O–H groups in total. The summed E-state index contributed by atoms with van der Waals surface area (Å²) >= 11 is 0. The molecule has 0 fully saturated rings. The van der Waals surface area contributed by atoms with Gasteiger partial charge in [0.15, 0.2) is 12.2 Å². The van der Waals surface area contributed by atoms with Crippen LogP contribution in [0.15, 0.2) is 75.8 Å². The monoisotopic (exact) mass is 306 g/mol. The number of benzene rings is 2. The lowest BCUT2D eigenvalue weighted by atomic mass is 10.2. The van der Waals surface area contributed by atoms with Crippen molar-refractivity contribution < 1.29 is 4.42 Å². The van der Waals surface area contributed by atoms with Crippen LogP contribution < -0.4 is 4.90 Å². The smallest absolute Gasteiger partial charge is 0.181 e. The molecule has 0 atom stereocenters. The SMILES string of the molecule is CN(C)c1ccc(CN=Nc2ccc(-c3cnco3)cc2)cc1. The number of nitrogens with zero attached hydrogens (tertiary/aromatic N) is 4. The molecule has 0 spiro atoms. The van der Waals surface area contributed by atoms with Crippen molar-refractivity contribution in [2.75, 3.05) is 19.0 Å². The zero-order valence-corrected chi connectivity index (χ0v) is 13.2. The van der Waals surface area contributed by atoms with Gasteiger partial charge >= 0.3 is 0 Å². The first-order chi connectivity index (χ1) is 11.2. The highest BCUT2D eigenvalue weighted by atomic mass is 16.3. The van der Waals surface area contributed by atoms with Crippen LogP contribution in [0.3, 0.4) is 0 Å². The summed E-state index contributed by atoms with van der Waals surface area (Å²) in [5.74, 6) is 0.745. The van der Waals surface area contributed by atoms with Crippen molar-refractivity contribution in [3.63, 3.8) is 0 Å². The molecule has 0 aliphatic carbocycles. The van der Waals surface area contributed by atoms with Gasteiger partial charge in [0.2, 0.25) is 0 Å². The zero-order valence-electron chi connectivity index (χ0n) is 13.2. The fraction of sp³-hybridized carbons (Fsp3) is 0.167. The molecule has 116 valence electrons. The third kappa shape index (κ3) is 3.83. The first-order valence-corrected chi connectivity index (χ1v) is 7.35. The van der Waals surface area contributed by atoms with Crippen molar-refractivity contribution in [2.45, 2.75) is 6.54 Å². The summed E-state index contributed by atoms with van der Waals surface area (Å²) in [5, 5.41) is 8.50. The topological polar surface area (TPSA) is 54.0 Å². The summed E-state index contributed by atoms with van der Waals surface area (Å²) in [6, 6.07) is 16.0. The number of rotatable bonds is 5. The van der Waals surface area contributed by atoms with E-state index in [1.165, 1.54) is 12.1 Å². The van der Waals surface area contributed by atoms with E-state index < -0.39 is 0 Å². The van der Waals surface area contributed by atoms with Gasteiger partial charge < -0.3 is 9.32 Å². The lowest BCUT2D eigenvalue weighted by molar-refractivity contribution is 0.572. The van der Waals surface area contributed by atoms with E-state index in [9.17, 15) is 0 Å². The molecule has 0 saturated carbocycles. The lowest BCUT2D eigenvalue weighted by Gasteiger charge is -2.11. The predicted molar refractivity (Wildman–Crippen MR) is 90.9 cm³/mol. The maximum absolute atomic E-state index is 5.26. The normalized spacial score (nSPS) is 11.0. The van der Waals surface area contributed by atoms with E-state index in [0.717, 1.165) is 22.6 Å². The molecule has 0 aliphatic heterocycles. The summed E-state index contributed by atoms with van der Waals surface area (Å²) in [7, 11) is 4.05. The second-order valence-electron chi connectivity index (χ2n) is 5.37. The van der Waals surface area contributed by atoms with Crippen LogP contribution in [0.4, 0.5) is 11.4 Å². The minimum absolute atomic E-state index is 0.567. The molecule has 0 radical (unpaired) electrons. The Kier molecular flexibility index (Phi) is 4.47. The minimum Gasteiger partial charge on any atom is -0.444 e. The molecular formula is C18H18N4O. The first-order valence-electron chi connectivity index (χ1n) is 7.35. The van der Waals surface area contributed by atoms with Crippen LogP contribution >= 0.6 is 0 Å². The van der Waals surface area contributed by atoms with Gasteiger partial charge in [-0.1, -0.05) is 12.1 Å². The maximum atomic E-state index is 5.26. The highest BCUT2D eigenvalue weighted by Gasteiger charge is 2.00. The fourth-order valence-corrected chi connectivity index (χ4v) is 2.15. The Balaban J connectivity index is 1.61. The molecule has 3 rings (SSSR count). The fourth-order valence-electron chi connectivity index (χ4n) is 2.15. The molecule has 2 aromatic carbocycles.